The minimum Gasteiger partial charge on any atom is -0.455 e. The topological polar surface area (TPSA) is 83.7 Å². The monoisotopic (exact) mass is 493 g/mol. The van der Waals surface area contributed by atoms with Gasteiger partial charge < -0.3 is 9.73 Å². The lowest BCUT2D eigenvalue weighted by Crippen LogP contribution is -2.35. The highest BCUT2D eigenvalue weighted by molar-refractivity contribution is 9.10. The second kappa shape index (κ2) is 9.73. The Labute approximate surface area is 185 Å². The van der Waals surface area contributed by atoms with Gasteiger partial charge in [0.05, 0.1) is 28.4 Å². The molecule has 9 heteroatoms. The molecule has 2 amide bonds. The average molecular weight is 495 g/mol. The summed E-state index contributed by atoms with van der Waals surface area (Å²) in [6.45, 7) is -0.218. The third-order valence-corrected chi connectivity index (χ3v) is 5.17. The van der Waals surface area contributed by atoms with Crippen molar-refractivity contribution in [2.24, 2.45) is 5.10 Å². The molecule has 0 radical (unpaired) electrons. The molecule has 0 unspecified atom stereocenters. The Kier molecular flexibility index (Phi) is 7.09. The quantitative estimate of drug-likeness (QED) is 0.377. The van der Waals surface area contributed by atoms with E-state index in [0.29, 0.717) is 31.6 Å². The summed E-state index contributed by atoms with van der Waals surface area (Å²) in [5.41, 5.74) is 3.52. The molecule has 0 aliphatic heterocycles. The van der Waals surface area contributed by atoms with E-state index in [1.807, 2.05) is 0 Å². The largest absolute Gasteiger partial charge is 0.455 e. The molecule has 2 N–H and O–H groups in total. The Morgan fingerprint density at radius 3 is 2.62 bits per heavy atom. The summed E-state index contributed by atoms with van der Waals surface area (Å²) >= 11 is 15.2. The Morgan fingerprint density at radius 1 is 1.07 bits per heavy atom. The molecule has 1 heterocycles. The molecule has 0 bridgehead atoms. The first-order valence-electron chi connectivity index (χ1n) is 8.34. The minimum atomic E-state index is -0.474. The molecule has 0 saturated heterocycles. The molecule has 6 nitrogen and oxygen atoms in total. The normalized spacial score (nSPS) is 10.9. The number of hydrazone groups is 1. The molecule has 148 valence electrons. The van der Waals surface area contributed by atoms with E-state index in [1.165, 1.54) is 6.21 Å². The van der Waals surface area contributed by atoms with Crippen molar-refractivity contribution in [3.05, 3.63) is 80.4 Å². The van der Waals surface area contributed by atoms with E-state index < -0.39 is 5.91 Å². The summed E-state index contributed by atoms with van der Waals surface area (Å²) in [6, 6.07) is 15.5. The molecule has 0 spiro atoms. The summed E-state index contributed by atoms with van der Waals surface area (Å²) in [5.74, 6) is 0.174. The maximum atomic E-state index is 12.1. The van der Waals surface area contributed by atoms with E-state index in [9.17, 15) is 9.59 Å². The van der Waals surface area contributed by atoms with Gasteiger partial charge in [-0.25, -0.2) is 5.43 Å². The first kappa shape index (κ1) is 21.1. The van der Waals surface area contributed by atoms with Crippen LogP contribution in [0.25, 0.3) is 11.3 Å². The summed E-state index contributed by atoms with van der Waals surface area (Å²) in [4.78, 5) is 23.9. The molecule has 3 rings (SSSR count). The number of hydrogen-bond donors (Lipinski definition) is 2. The average Bonchev–Trinajstić information content (AvgIpc) is 3.17. The highest BCUT2D eigenvalue weighted by atomic mass is 79.9. The summed E-state index contributed by atoms with van der Waals surface area (Å²) < 4.78 is 6.28. The predicted molar refractivity (Wildman–Crippen MR) is 116 cm³/mol. The molecular weight excluding hydrogens is 481 g/mol. The first-order chi connectivity index (χ1) is 13.9. The Bertz CT molecular complexity index is 1080. The third kappa shape index (κ3) is 5.69. The molecule has 29 heavy (non-hydrogen) atoms. The summed E-state index contributed by atoms with van der Waals surface area (Å²) in [6.07, 6.45) is 1.36. The number of carbonyl (C=O) groups excluding carboxylic acids is 2. The van der Waals surface area contributed by atoms with Crippen LogP contribution in [0, 0.1) is 0 Å². The number of halogens is 3. The van der Waals surface area contributed by atoms with Crippen LogP contribution in [0.5, 0.6) is 0 Å². The first-order valence-corrected chi connectivity index (χ1v) is 9.89. The highest BCUT2D eigenvalue weighted by Crippen LogP contribution is 2.29. The van der Waals surface area contributed by atoms with Crippen LogP contribution in [-0.2, 0) is 4.79 Å². The summed E-state index contributed by atoms with van der Waals surface area (Å²) in [5, 5.41) is 7.22. The van der Waals surface area contributed by atoms with Crippen LogP contribution in [0.15, 0.2) is 68.6 Å². The smallest absolute Gasteiger partial charge is 0.259 e. The number of benzene rings is 2. The van der Waals surface area contributed by atoms with Crippen LogP contribution in [0.4, 0.5) is 0 Å². The van der Waals surface area contributed by atoms with Gasteiger partial charge in [0.2, 0.25) is 0 Å². The third-order valence-electron chi connectivity index (χ3n) is 3.74. The zero-order chi connectivity index (χ0) is 20.8. The molecular formula is C20H14BrCl2N3O3. The van der Waals surface area contributed by atoms with Crippen molar-refractivity contribution in [3.8, 4) is 11.3 Å². The minimum absolute atomic E-state index is 0.218. The molecule has 1 aromatic heterocycles. The Balaban J connectivity index is 1.51. The number of nitrogens with one attached hydrogen (secondary N) is 2. The van der Waals surface area contributed by atoms with E-state index in [0.717, 1.165) is 5.56 Å². The Hall–Kier alpha value is -2.61. The molecule has 0 atom stereocenters. The second-order valence-electron chi connectivity index (χ2n) is 5.79. The van der Waals surface area contributed by atoms with Gasteiger partial charge in [0, 0.05) is 10.0 Å². The SMILES string of the molecule is O=C(CNC(=O)c1ccccc1Br)NN=Cc1ccc(-c2ccc(Cl)c(Cl)c2)o1. The van der Waals surface area contributed by atoms with Gasteiger partial charge in [-0.1, -0.05) is 35.3 Å². The molecule has 3 aromatic rings. The lowest BCUT2D eigenvalue weighted by molar-refractivity contribution is -0.120. The van der Waals surface area contributed by atoms with Crippen molar-refractivity contribution < 1.29 is 14.0 Å². The van der Waals surface area contributed by atoms with Crippen molar-refractivity contribution in [2.75, 3.05) is 6.54 Å². The van der Waals surface area contributed by atoms with E-state index >= 15 is 0 Å². The zero-order valence-electron chi connectivity index (χ0n) is 14.8. The van der Waals surface area contributed by atoms with Gasteiger partial charge in [0.1, 0.15) is 11.5 Å². The maximum absolute atomic E-state index is 12.1. The molecule has 0 saturated carbocycles. The van der Waals surface area contributed by atoms with E-state index in [-0.39, 0.29) is 12.5 Å². The van der Waals surface area contributed by atoms with Gasteiger partial charge in [-0.15, -0.1) is 0 Å². The van der Waals surface area contributed by atoms with Crippen molar-refractivity contribution in [2.45, 2.75) is 0 Å². The zero-order valence-corrected chi connectivity index (χ0v) is 17.9. The van der Waals surface area contributed by atoms with E-state index in [2.05, 4.69) is 31.8 Å². The fraction of sp³-hybridized carbons (Fsp3) is 0.0500. The van der Waals surface area contributed by atoms with Crippen molar-refractivity contribution in [1.82, 2.24) is 10.7 Å². The van der Waals surface area contributed by atoms with Crippen molar-refractivity contribution in [3.63, 3.8) is 0 Å². The van der Waals surface area contributed by atoms with Crippen LogP contribution in [-0.4, -0.2) is 24.6 Å². The van der Waals surface area contributed by atoms with Crippen molar-refractivity contribution in [1.29, 1.82) is 0 Å². The molecule has 0 aliphatic carbocycles. The van der Waals surface area contributed by atoms with Crippen molar-refractivity contribution >= 4 is 57.2 Å². The van der Waals surface area contributed by atoms with Crippen LogP contribution < -0.4 is 10.7 Å². The van der Waals surface area contributed by atoms with E-state index in [1.54, 1.807) is 54.6 Å². The lowest BCUT2D eigenvalue weighted by atomic mass is 10.2. The Morgan fingerprint density at radius 2 is 1.86 bits per heavy atom. The van der Waals surface area contributed by atoms with Gasteiger partial charge in [0.25, 0.3) is 11.8 Å². The molecule has 2 aromatic carbocycles. The number of amides is 2. The number of carbonyl (C=O) groups is 2. The number of hydrogen-bond acceptors (Lipinski definition) is 4. The molecule has 0 aliphatic rings. The predicted octanol–water partition coefficient (Wildman–Crippen LogP) is 4.90. The maximum Gasteiger partial charge on any atom is 0.259 e. The van der Waals surface area contributed by atoms with Crippen LogP contribution >= 0.6 is 39.1 Å². The van der Waals surface area contributed by atoms with Crippen LogP contribution in [0.1, 0.15) is 16.1 Å². The van der Waals surface area contributed by atoms with Gasteiger partial charge in [-0.3, -0.25) is 9.59 Å². The number of rotatable bonds is 6. The fourth-order valence-corrected chi connectivity index (χ4v) is 3.10. The second-order valence-corrected chi connectivity index (χ2v) is 7.46. The number of furan rings is 1. The van der Waals surface area contributed by atoms with Crippen LogP contribution in [0.2, 0.25) is 10.0 Å². The van der Waals surface area contributed by atoms with E-state index in [4.69, 9.17) is 27.6 Å². The van der Waals surface area contributed by atoms with Gasteiger partial charge in [-0.05, 0) is 58.4 Å². The number of nitrogens with zero attached hydrogens (tertiary/aromatic N) is 1. The standard InChI is InChI=1S/C20H14BrCl2N3O3/c21-15-4-2-1-3-14(15)20(28)24-11-19(27)26-25-10-13-6-8-18(29-13)12-5-7-16(22)17(23)9-12/h1-10H,11H2,(H,24,28)(H,26,27). The molecule has 0 fully saturated rings. The summed E-state index contributed by atoms with van der Waals surface area (Å²) in [7, 11) is 0. The van der Waals surface area contributed by atoms with Gasteiger partial charge in [-0.2, -0.15) is 5.10 Å². The lowest BCUT2D eigenvalue weighted by Gasteiger charge is -2.05. The van der Waals surface area contributed by atoms with Gasteiger partial charge in [0.15, 0.2) is 0 Å². The van der Waals surface area contributed by atoms with Crippen LogP contribution in [0.3, 0.4) is 0 Å². The highest BCUT2D eigenvalue weighted by Gasteiger charge is 2.10. The fourth-order valence-electron chi connectivity index (χ4n) is 2.34. The van der Waals surface area contributed by atoms with Gasteiger partial charge >= 0.3 is 0 Å².